The van der Waals surface area contributed by atoms with Crippen molar-refractivity contribution in [1.82, 2.24) is 0 Å². The maximum absolute atomic E-state index is 10.1. The molecular formula is C5H12N2O2S. The van der Waals surface area contributed by atoms with Crippen LogP contribution in [-0.2, 0) is 11.1 Å². The van der Waals surface area contributed by atoms with Crippen LogP contribution < -0.4 is 5.73 Å². The first-order chi connectivity index (χ1) is 4.52. The molecule has 0 heterocycles. The molecule has 0 aliphatic carbocycles. The van der Waals surface area contributed by atoms with Gasteiger partial charge in [-0.2, -0.15) is 0 Å². The predicted octanol–water partition coefficient (Wildman–Crippen LogP) is -0.0348. The van der Waals surface area contributed by atoms with E-state index in [1.54, 1.807) is 6.92 Å². The minimum atomic E-state index is -1.89. The first-order valence-corrected chi connectivity index (χ1v) is 4.19. The van der Waals surface area contributed by atoms with E-state index in [2.05, 4.69) is 0 Å². The van der Waals surface area contributed by atoms with E-state index in [0.717, 1.165) is 0 Å². The zero-order chi connectivity index (χ0) is 8.15. The van der Waals surface area contributed by atoms with E-state index >= 15 is 0 Å². The lowest BCUT2D eigenvalue weighted by Crippen LogP contribution is -2.22. The zero-order valence-electron chi connectivity index (χ0n) is 5.83. The lowest BCUT2D eigenvalue weighted by Gasteiger charge is -2.03. The Labute approximate surface area is 62.6 Å². The highest BCUT2D eigenvalue weighted by atomic mass is 32.2. The highest BCUT2D eigenvalue weighted by Gasteiger charge is 2.03. The fraction of sp³-hybridized carbons (Fsp3) is 0.800. The molecule has 4 N–H and O–H groups in total. The highest BCUT2D eigenvalue weighted by molar-refractivity contribution is 7.80. The van der Waals surface area contributed by atoms with Crippen LogP contribution in [0.5, 0.6) is 0 Å². The van der Waals surface area contributed by atoms with E-state index in [4.69, 9.17) is 15.7 Å². The van der Waals surface area contributed by atoms with E-state index in [9.17, 15) is 4.21 Å². The Morgan fingerprint density at radius 1 is 1.90 bits per heavy atom. The lowest BCUT2D eigenvalue weighted by atomic mass is 10.2. The molecular weight excluding hydrogens is 152 g/mol. The monoisotopic (exact) mass is 164 g/mol. The molecule has 0 saturated heterocycles. The molecule has 0 aliphatic rings. The van der Waals surface area contributed by atoms with Gasteiger partial charge in [-0.3, -0.25) is 0 Å². The number of hydrogen-bond donors (Lipinski definition) is 3. The molecule has 0 radical (unpaired) electrons. The van der Waals surface area contributed by atoms with Crippen LogP contribution in [0.25, 0.3) is 0 Å². The average molecular weight is 164 g/mol. The van der Waals surface area contributed by atoms with Gasteiger partial charge in [0.25, 0.3) is 0 Å². The van der Waals surface area contributed by atoms with Crippen molar-refractivity contribution in [2.45, 2.75) is 19.4 Å². The van der Waals surface area contributed by atoms with Crippen LogP contribution in [-0.4, -0.2) is 26.3 Å². The minimum absolute atomic E-state index is 0.0818. The van der Waals surface area contributed by atoms with Crippen molar-refractivity contribution in [3.63, 3.8) is 0 Å². The Morgan fingerprint density at radius 2 is 2.40 bits per heavy atom. The van der Waals surface area contributed by atoms with Gasteiger partial charge in [-0.1, -0.05) is 0 Å². The van der Waals surface area contributed by atoms with Gasteiger partial charge in [0.05, 0.1) is 5.75 Å². The molecule has 1 unspecified atom stereocenters. The fourth-order valence-corrected chi connectivity index (χ4v) is 1.01. The third-order valence-electron chi connectivity index (χ3n) is 0.866. The second-order valence-electron chi connectivity index (χ2n) is 2.25. The summed E-state index contributed by atoms with van der Waals surface area (Å²) in [6.07, 6.45) is 0.395. The maximum atomic E-state index is 10.1. The smallest absolute Gasteiger partial charge is 0.158 e. The van der Waals surface area contributed by atoms with Crippen molar-refractivity contribution in [2.24, 2.45) is 5.73 Å². The number of rotatable bonds is 4. The molecule has 0 amide bonds. The Balaban J connectivity index is 3.54. The largest absolute Gasteiger partial charge is 0.328 e. The predicted molar refractivity (Wildman–Crippen MR) is 41.6 cm³/mol. The summed E-state index contributed by atoms with van der Waals surface area (Å²) in [4.78, 5) is 0. The van der Waals surface area contributed by atoms with Gasteiger partial charge < -0.3 is 15.7 Å². The number of hydrogen-bond acceptors (Lipinski definition) is 3. The van der Waals surface area contributed by atoms with Gasteiger partial charge in [-0.15, -0.1) is 0 Å². The summed E-state index contributed by atoms with van der Waals surface area (Å²) in [6, 6.07) is -0.101. The molecule has 0 rings (SSSR count). The highest BCUT2D eigenvalue weighted by Crippen LogP contribution is 1.90. The molecule has 0 saturated carbocycles. The summed E-state index contributed by atoms with van der Waals surface area (Å²) < 4.78 is 18.4. The second-order valence-corrected chi connectivity index (χ2v) is 3.18. The standard InChI is InChI=1S/C5H12N2O2S/c1-4(6)2-5(7)3-10(8)9/h4,7H,2-3,6H2,1H3,(H,8,9)/t4-/m1/s1. The molecule has 0 fully saturated rings. The van der Waals surface area contributed by atoms with E-state index in [0.29, 0.717) is 6.42 Å². The van der Waals surface area contributed by atoms with Crippen LogP contribution in [0.2, 0.25) is 0 Å². The molecule has 2 atom stereocenters. The molecule has 0 aromatic rings. The molecule has 0 bridgehead atoms. The third kappa shape index (κ3) is 5.87. The normalized spacial score (nSPS) is 16.3. The summed E-state index contributed by atoms with van der Waals surface area (Å²) in [6.45, 7) is 1.76. The van der Waals surface area contributed by atoms with Crippen LogP contribution >= 0.6 is 0 Å². The number of nitrogens with one attached hydrogen (secondary N) is 1. The van der Waals surface area contributed by atoms with Gasteiger partial charge >= 0.3 is 0 Å². The molecule has 5 heteroatoms. The van der Waals surface area contributed by atoms with E-state index < -0.39 is 11.1 Å². The Hall–Kier alpha value is -0.260. The summed E-state index contributed by atoms with van der Waals surface area (Å²) >= 11 is -1.89. The van der Waals surface area contributed by atoms with E-state index in [-0.39, 0.29) is 17.5 Å². The first kappa shape index (κ1) is 9.74. The van der Waals surface area contributed by atoms with Gasteiger partial charge in [-0.05, 0) is 6.92 Å². The molecule has 0 aliphatic heterocycles. The summed E-state index contributed by atoms with van der Waals surface area (Å²) in [5, 5.41) is 7.12. The van der Waals surface area contributed by atoms with Gasteiger partial charge in [0, 0.05) is 18.2 Å². The lowest BCUT2D eigenvalue weighted by molar-refractivity contribution is 0.568. The van der Waals surface area contributed by atoms with Crippen molar-refractivity contribution in [1.29, 1.82) is 5.41 Å². The SMILES string of the molecule is C[C@@H](N)CC(=N)CS(=O)O. The summed E-state index contributed by atoms with van der Waals surface area (Å²) in [5.74, 6) is -0.0818. The Bertz CT molecular complexity index is 147. The summed E-state index contributed by atoms with van der Waals surface area (Å²) in [5.41, 5.74) is 5.58. The molecule has 0 aromatic heterocycles. The van der Waals surface area contributed by atoms with Gasteiger partial charge in [0.1, 0.15) is 0 Å². The van der Waals surface area contributed by atoms with Gasteiger partial charge in [0.2, 0.25) is 0 Å². The summed E-state index contributed by atoms with van der Waals surface area (Å²) in [7, 11) is 0. The third-order valence-corrected chi connectivity index (χ3v) is 1.46. The molecule has 0 aromatic carbocycles. The van der Waals surface area contributed by atoms with Crippen molar-refractivity contribution >= 4 is 16.8 Å². The first-order valence-electron chi connectivity index (χ1n) is 2.91. The maximum Gasteiger partial charge on any atom is 0.158 e. The van der Waals surface area contributed by atoms with Crippen LogP contribution in [0.4, 0.5) is 0 Å². The molecule has 0 spiro atoms. The van der Waals surface area contributed by atoms with Crippen molar-refractivity contribution in [3.8, 4) is 0 Å². The van der Waals surface area contributed by atoms with Crippen LogP contribution in [0.15, 0.2) is 0 Å². The van der Waals surface area contributed by atoms with Crippen molar-refractivity contribution < 1.29 is 8.76 Å². The molecule has 60 valence electrons. The van der Waals surface area contributed by atoms with Crippen LogP contribution in [0.3, 0.4) is 0 Å². The number of nitrogens with two attached hydrogens (primary N) is 1. The zero-order valence-corrected chi connectivity index (χ0v) is 6.65. The minimum Gasteiger partial charge on any atom is -0.328 e. The fourth-order valence-electron chi connectivity index (χ4n) is 0.597. The van der Waals surface area contributed by atoms with Crippen LogP contribution in [0.1, 0.15) is 13.3 Å². The average Bonchev–Trinajstić information content (AvgIpc) is 1.58. The second kappa shape index (κ2) is 4.54. The van der Waals surface area contributed by atoms with Gasteiger partial charge in [-0.25, -0.2) is 4.21 Å². The quantitative estimate of drug-likeness (QED) is 0.402. The van der Waals surface area contributed by atoms with E-state index in [1.165, 1.54) is 0 Å². The topological polar surface area (TPSA) is 87.2 Å². The van der Waals surface area contributed by atoms with E-state index in [1.807, 2.05) is 0 Å². The van der Waals surface area contributed by atoms with Gasteiger partial charge in [0.15, 0.2) is 11.1 Å². The molecule has 4 nitrogen and oxygen atoms in total. The van der Waals surface area contributed by atoms with Crippen LogP contribution in [0, 0.1) is 5.41 Å². The van der Waals surface area contributed by atoms with Crippen molar-refractivity contribution in [2.75, 3.05) is 5.75 Å². The Morgan fingerprint density at radius 3 is 2.70 bits per heavy atom. The molecule has 10 heavy (non-hydrogen) atoms. The van der Waals surface area contributed by atoms with Crippen molar-refractivity contribution in [3.05, 3.63) is 0 Å². The Kier molecular flexibility index (Phi) is 4.42.